The first kappa shape index (κ1) is 13.1. The molecule has 1 aromatic rings. The molecule has 0 fully saturated rings. The Hall–Kier alpha value is -0.930. The van der Waals surface area contributed by atoms with Crippen molar-refractivity contribution in [2.24, 2.45) is 0 Å². The van der Waals surface area contributed by atoms with Crippen molar-refractivity contribution in [2.75, 3.05) is 14.2 Å². The maximum atomic E-state index is 5.63. The standard InChI is InChI=1S/C13H22N2O/c1-5-13(2,16-4)12(14-3)10-11-6-8-15-9-7-11/h6-9,12,14H,5,10H2,1-4H3. The molecule has 0 aliphatic rings. The zero-order valence-corrected chi connectivity index (χ0v) is 10.7. The van der Waals surface area contributed by atoms with Gasteiger partial charge in [0, 0.05) is 25.5 Å². The topological polar surface area (TPSA) is 34.1 Å². The van der Waals surface area contributed by atoms with Crippen LogP contribution in [-0.2, 0) is 11.2 Å². The summed E-state index contributed by atoms with van der Waals surface area (Å²) in [6, 6.07) is 4.41. The molecule has 1 N–H and O–H groups in total. The van der Waals surface area contributed by atoms with Crippen molar-refractivity contribution in [1.82, 2.24) is 10.3 Å². The van der Waals surface area contributed by atoms with Gasteiger partial charge in [-0.1, -0.05) is 6.92 Å². The average molecular weight is 222 g/mol. The van der Waals surface area contributed by atoms with Crippen molar-refractivity contribution in [3.8, 4) is 0 Å². The van der Waals surface area contributed by atoms with Crippen molar-refractivity contribution >= 4 is 0 Å². The Morgan fingerprint density at radius 2 is 2.06 bits per heavy atom. The van der Waals surface area contributed by atoms with Crippen LogP contribution in [-0.4, -0.2) is 30.8 Å². The van der Waals surface area contributed by atoms with Crippen molar-refractivity contribution in [3.63, 3.8) is 0 Å². The van der Waals surface area contributed by atoms with Gasteiger partial charge in [0.05, 0.1) is 5.60 Å². The van der Waals surface area contributed by atoms with E-state index in [4.69, 9.17) is 4.74 Å². The van der Waals surface area contributed by atoms with E-state index >= 15 is 0 Å². The zero-order valence-electron chi connectivity index (χ0n) is 10.7. The van der Waals surface area contributed by atoms with Gasteiger partial charge >= 0.3 is 0 Å². The summed E-state index contributed by atoms with van der Waals surface area (Å²) in [5.74, 6) is 0. The van der Waals surface area contributed by atoms with Crippen LogP contribution in [0.2, 0.25) is 0 Å². The van der Waals surface area contributed by atoms with Crippen LogP contribution in [0.3, 0.4) is 0 Å². The molecule has 0 spiro atoms. The van der Waals surface area contributed by atoms with Crippen LogP contribution >= 0.6 is 0 Å². The number of pyridine rings is 1. The van der Waals surface area contributed by atoms with E-state index in [1.54, 1.807) is 7.11 Å². The highest BCUT2D eigenvalue weighted by molar-refractivity contribution is 5.13. The summed E-state index contributed by atoms with van der Waals surface area (Å²) in [7, 11) is 3.76. The first-order chi connectivity index (χ1) is 7.66. The summed E-state index contributed by atoms with van der Waals surface area (Å²) in [4.78, 5) is 4.03. The maximum Gasteiger partial charge on any atom is 0.0803 e. The lowest BCUT2D eigenvalue weighted by molar-refractivity contribution is -0.0268. The first-order valence-corrected chi connectivity index (χ1v) is 5.77. The second-order valence-corrected chi connectivity index (χ2v) is 4.27. The molecule has 16 heavy (non-hydrogen) atoms. The van der Waals surface area contributed by atoms with Gasteiger partial charge in [-0.25, -0.2) is 0 Å². The quantitative estimate of drug-likeness (QED) is 0.799. The van der Waals surface area contributed by atoms with Crippen LogP contribution < -0.4 is 5.32 Å². The molecule has 3 heteroatoms. The van der Waals surface area contributed by atoms with E-state index in [-0.39, 0.29) is 5.60 Å². The van der Waals surface area contributed by atoms with Crippen LogP contribution in [0, 0.1) is 0 Å². The maximum absolute atomic E-state index is 5.63. The molecule has 2 atom stereocenters. The molecular formula is C13H22N2O. The monoisotopic (exact) mass is 222 g/mol. The molecule has 90 valence electrons. The van der Waals surface area contributed by atoms with E-state index in [0.717, 1.165) is 12.8 Å². The number of nitrogens with one attached hydrogen (secondary N) is 1. The van der Waals surface area contributed by atoms with Crippen molar-refractivity contribution in [1.29, 1.82) is 0 Å². The van der Waals surface area contributed by atoms with E-state index in [1.165, 1.54) is 5.56 Å². The van der Waals surface area contributed by atoms with Gasteiger partial charge in [0.25, 0.3) is 0 Å². The SMILES string of the molecule is CCC(C)(OC)C(Cc1ccncc1)NC. The molecule has 0 saturated carbocycles. The first-order valence-electron chi connectivity index (χ1n) is 5.77. The normalized spacial score (nSPS) is 16.8. The predicted octanol–water partition coefficient (Wildman–Crippen LogP) is 2.03. The lowest BCUT2D eigenvalue weighted by Crippen LogP contribution is -2.49. The number of hydrogen-bond acceptors (Lipinski definition) is 3. The third-order valence-electron chi connectivity index (χ3n) is 3.44. The minimum Gasteiger partial charge on any atom is -0.377 e. The highest BCUT2D eigenvalue weighted by atomic mass is 16.5. The Labute approximate surface area is 98.2 Å². The van der Waals surface area contributed by atoms with Gasteiger partial charge in [-0.3, -0.25) is 4.98 Å². The number of ether oxygens (including phenoxy) is 1. The van der Waals surface area contributed by atoms with Crippen molar-refractivity contribution in [3.05, 3.63) is 30.1 Å². The number of rotatable bonds is 6. The molecule has 0 saturated heterocycles. The fraction of sp³-hybridized carbons (Fsp3) is 0.615. The molecule has 2 unspecified atom stereocenters. The second-order valence-electron chi connectivity index (χ2n) is 4.27. The van der Waals surface area contributed by atoms with E-state index in [1.807, 2.05) is 19.4 Å². The highest BCUT2D eigenvalue weighted by Gasteiger charge is 2.31. The minimum atomic E-state index is -0.127. The zero-order chi connectivity index (χ0) is 12.0. The Morgan fingerprint density at radius 3 is 2.50 bits per heavy atom. The summed E-state index contributed by atoms with van der Waals surface area (Å²) >= 11 is 0. The third-order valence-corrected chi connectivity index (χ3v) is 3.44. The summed E-state index contributed by atoms with van der Waals surface area (Å²) in [6.45, 7) is 4.30. The average Bonchev–Trinajstić information content (AvgIpc) is 2.36. The molecule has 0 bridgehead atoms. The lowest BCUT2D eigenvalue weighted by atomic mass is 9.88. The molecule has 1 rings (SSSR count). The molecule has 0 aromatic carbocycles. The predicted molar refractivity (Wildman–Crippen MR) is 66.5 cm³/mol. The van der Waals surface area contributed by atoms with Gasteiger partial charge in [-0.15, -0.1) is 0 Å². The summed E-state index contributed by atoms with van der Waals surface area (Å²) in [5.41, 5.74) is 1.16. The molecule has 0 aliphatic carbocycles. The Morgan fingerprint density at radius 1 is 1.44 bits per heavy atom. The molecule has 0 radical (unpaired) electrons. The molecule has 1 heterocycles. The summed E-state index contributed by atoms with van der Waals surface area (Å²) in [5, 5.41) is 3.35. The second kappa shape index (κ2) is 5.97. The van der Waals surface area contributed by atoms with E-state index in [2.05, 4.69) is 36.3 Å². The lowest BCUT2D eigenvalue weighted by Gasteiger charge is -2.35. The van der Waals surface area contributed by atoms with Crippen LogP contribution in [0.1, 0.15) is 25.8 Å². The van der Waals surface area contributed by atoms with E-state index in [9.17, 15) is 0 Å². The highest BCUT2D eigenvalue weighted by Crippen LogP contribution is 2.21. The summed E-state index contributed by atoms with van der Waals surface area (Å²) in [6.07, 6.45) is 5.60. The summed E-state index contributed by atoms with van der Waals surface area (Å²) < 4.78 is 5.63. The Balaban J connectivity index is 2.76. The van der Waals surface area contributed by atoms with Crippen molar-refractivity contribution in [2.45, 2.75) is 38.3 Å². The van der Waals surface area contributed by atoms with Gasteiger partial charge in [0.2, 0.25) is 0 Å². The number of nitrogens with zero attached hydrogens (tertiary/aromatic N) is 1. The van der Waals surface area contributed by atoms with Gasteiger partial charge in [-0.05, 0) is 44.5 Å². The van der Waals surface area contributed by atoms with E-state index in [0.29, 0.717) is 6.04 Å². The molecular weight excluding hydrogens is 200 g/mol. The van der Waals surface area contributed by atoms with Gasteiger partial charge < -0.3 is 10.1 Å². The Kier molecular flexibility index (Phi) is 4.90. The van der Waals surface area contributed by atoms with Gasteiger partial charge in [0.15, 0.2) is 0 Å². The van der Waals surface area contributed by atoms with Crippen LogP contribution in [0.4, 0.5) is 0 Å². The number of methoxy groups -OCH3 is 1. The fourth-order valence-electron chi connectivity index (χ4n) is 1.91. The minimum absolute atomic E-state index is 0.127. The van der Waals surface area contributed by atoms with Crippen molar-refractivity contribution < 1.29 is 4.74 Å². The molecule has 0 amide bonds. The Bertz CT molecular complexity index is 296. The van der Waals surface area contributed by atoms with Crippen LogP contribution in [0.15, 0.2) is 24.5 Å². The molecule has 3 nitrogen and oxygen atoms in total. The fourth-order valence-corrected chi connectivity index (χ4v) is 1.91. The number of aromatic nitrogens is 1. The van der Waals surface area contributed by atoms with Crippen LogP contribution in [0.5, 0.6) is 0 Å². The third kappa shape index (κ3) is 3.03. The molecule has 1 aromatic heterocycles. The number of likely N-dealkylation sites (N-methyl/N-ethyl adjacent to an activating group) is 1. The van der Waals surface area contributed by atoms with E-state index < -0.39 is 0 Å². The smallest absolute Gasteiger partial charge is 0.0803 e. The molecule has 0 aliphatic heterocycles. The van der Waals surface area contributed by atoms with Gasteiger partial charge in [-0.2, -0.15) is 0 Å². The van der Waals surface area contributed by atoms with Crippen LogP contribution in [0.25, 0.3) is 0 Å². The largest absolute Gasteiger partial charge is 0.377 e. The van der Waals surface area contributed by atoms with Gasteiger partial charge in [0.1, 0.15) is 0 Å². The number of hydrogen-bond donors (Lipinski definition) is 1.